The lowest BCUT2D eigenvalue weighted by Gasteiger charge is -2.45. The molecule has 0 aromatic heterocycles. The third kappa shape index (κ3) is 5.26. The molecule has 3 aromatic carbocycles. The Labute approximate surface area is 345 Å². The van der Waals surface area contributed by atoms with Crippen LogP contribution >= 0.6 is 0 Å². The van der Waals surface area contributed by atoms with E-state index in [0.717, 1.165) is 43.7 Å². The Morgan fingerprint density at radius 2 is 1.60 bits per heavy atom. The van der Waals surface area contributed by atoms with Gasteiger partial charge in [0.1, 0.15) is 6.17 Å². The Balaban J connectivity index is 0.873. The minimum absolute atomic E-state index is 0.0413. The molecule has 288 valence electrons. The lowest BCUT2D eigenvalue weighted by atomic mass is 9.59. The normalized spacial score (nSPS) is 28.9. The van der Waals surface area contributed by atoms with Crippen molar-refractivity contribution < 1.29 is 0 Å². The predicted octanol–water partition coefficient (Wildman–Crippen LogP) is 13.3. The van der Waals surface area contributed by atoms with E-state index in [1.165, 1.54) is 82.3 Å². The fourth-order valence-corrected chi connectivity index (χ4v) is 12.8. The topological polar surface area (TPSA) is 24.4 Å². The molecule has 1 spiro atoms. The Bertz CT molecular complexity index is 2580. The van der Waals surface area contributed by atoms with Gasteiger partial charge in [-0.05, 0) is 142 Å². The molecular formula is C56H54N2. The van der Waals surface area contributed by atoms with E-state index in [0.29, 0.717) is 17.8 Å². The highest BCUT2D eigenvalue weighted by molar-refractivity contribution is 6.11. The Kier molecular flexibility index (Phi) is 7.89. The molecule has 5 unspecified atom stereocenters. The van der Waals surface area contributed by atoms with Gasteiger partial charge in [0.15, 0.2) is 0 Å². The number of rotatable bonds is 5. The van der Waals surface area contributed by atoms with Crippen molar-refractivity contribution >= 4 is 11.3 Å². The number of nitrogens with zero attached hydrogens (tertiary/aromatic N) is 1. The number of allylic oxidation sites excluding steroid dienone is 16. The number of hydrogen-bond acceptors (Lipinski definition) is 2. The van der Waals surface area contributed by atoms with Crippen molar-refractivity contribution in [1.82, 2.24) is 5.32 Å². The van der Waals surface area contributed by atoms with Crippen LogP contribution in [0, 0.1) is 11.8 Å². The summed E-state index contributed by atoms with van der Waals surface area (Å²) >= 11 is 0. The second kappa shape index (κ2) is 13.2. The minimum atomic E-state index is -0.0471. The van der Waals surface area contributed by atoms with E-state index < -0.39 is 0 Å². The smallest absolute Gasteiger partial charge is 0.141 e. The first kappa shape index (κ1) is 34.8. The average molecular weight is 755 g/mol. The highest BCUT2D eigenvalue weighted by atomic mass is 15.1. The van der Waals surface area contributed by atoms with E-state index in [2.05, 4.69) is 153 Å². The predicted molar refractivity (Wildman–Crippen MR) is 241 cm³/mol. The Morgan fingerprint density at radius 3 is 2.40 bits per heavy atom. The van der Waals surface area contributed by atoms with Crippen LogP contribution in [0.25, 0.3) is 16.7 Å². The second-order valence-electron chi connectivity index (χ2n) is 19.1. The fourth-order valence-electron chi connectivity index (χ4n) is 12.8. The summed E-state index contributed by atoms with van der Waals surface area (Å²) in [4.78, 5) is 5.40. The maximum absolute atomic E-state index is 5.40. The van der Waals surface area contributed by atoms with Crippen LogP contribution in [-0.2, 0) is 10.8 Å². The van der Waals surface area contributed by atoms with Gasteiger partial charge in [0, 0.05) is 22.4 Å². The maximum Gasteiger partial charge on any atom is 0.141 e. The van der Waals surface area contributed by atoms with Crippen LogP contribution in [0.4, 0.5) is 0 Å². The van der Waals surface area contributed by atoms with Crippen LogP contribution in [0.3, 0.4) is 0 Å². The zero-order valence-electron chi connectivity index (χ0n) is 34.1. The quantitative estimate of drug-likeness (QED) is 0.276. The summed E-state index contributed by atoms with van der Waals surface area (Å²) in [5, 5.41) is 3.87. The molecule has 2 saturated carbocycles. The summed E-state index contributed by atoms with van der Waals surface area (Å²) < 4.78 is 0. The summed E-state index contributed by atoms with van der Waals surface area (Å²) in [5.41, 5.74) is 22.0. The molecule has 0 saturated heterocycles. The zero-order valence-corrected chi connectivity index (χ0v) is 34.1. The zero-order chi connectivity index (χ0) is 38.6. The van der Waals surface area contributed by atoms with Crippen molar-refractivity contribution in [2.75, 3.05) is 0 Å². The van der Waals surface area contributed by atoms with Crippen molar-refractivity contribution in [3.05, 3.63) is 195 Å². The van der Waals surface area contributed by atoms with Crippen molar-refractivity contribution in [2.24, 2.45) is 16.8 Å². The van der Waals surface area contributed by atoms with Crippen molar-refractivity contribution in [2.45, 2.75) is 107 Å². The number of aliphatic imine (C=N–C) groups is 1. The van der Waals surface area contributed by atoms with Crippen molar-refractivity contribution in [1.29, 1.82) is 0 Å². The third-order valence-corrected chi connectivity index (χ3v) is 15.7. The van der Waals surface area contributed by atoms with Gasteiger partial charge >= 0.3 is 0 Å². The number of benzene rings is 3. The number of hydrogen-bond donors (Lipinski definition) is 1. The Hall–Kier alpha value is -5.21. The first-order chi connectivity index (χ1) is 28.5. The van der Waals surface area contributed by atoms with E-state index in [9.17, 15) is 0 Å². The molecule has 1 N–H and O–H groups in total. The number of nitrogens with one attached hydrogen (secondary N) is 1. The summed E-state index contributed by atoms with van der Waals surface area (Å²) in [6.07, 6.45) is 40.4. The first-order valence-corrected chi connectivity index (χ1v) is 22.5. The molecule has 0 bridgehead atoms. The van der Waals surface area contributed by atoms with Gasteiger partial charge in [-0.3, -0.25) is 4.99 Å². The van der Waals surface area contributed by atoms with Gasteiger partial charge in [0.2, 0.25) is 0 Å². The first-order valence-electron chi connectivity index (χ1n) is 22.5. The minimum Gasteiger partial charge on any atom is -0.360 e. The van der Waals surface area contributed by atoms with E-state index in [4.69, 9.17) is 4.99 Å². The SMILES string of the molecule is CC1(C)c2cc3c(cc2-c2cccc(C4C=CC(C5=NC(C6=CC=CCC6)NC(C6=CC=C(c7ccccc7)CC6)=C5)=CC4)c21)C1(CCCCC1)C1=CC=CC2C1C32. The largest absolute Gasteiger partial charge is 0.360 e. The lowest BCUT2D eigenvalue weighted by Crippen LogP contribution is -2.36. The van der Waals surface area contributed by atoms with Gasteiger partial charge in [0.25, 0.3) is 0 Å². The molecule has 3 aromatic rings. The van der Waals surface area contributed by atoms with Crippen LogP contribution in [-0.4, -0.2) is 11.9 Å². The molecule has 2 fully saturated rings. The van der Waals surface area contributed by atoms with E-state index in [1.54, 1.807) is 27.8 Å². The molecular weight excluding hydrogens is 701 g/mol. The lowest BCUT2D eigenvalue weighted by molar-refractivity contribution is 0.318. The molecule has 0 radical (unpaired) electrons. The summed E-state index contributed by atoms with van der Waals surface area (Å²) in [7, 11) is 0. The van der Waals surface area contributed by atoms with Crippen LogP contribution in [0.15, 0.2) is 167 Å². The van der Waals surface area contributed by atoms with Crippen LogP contribution in [0.5, 0.6) is 0 Å². The van der Waals surface area contributed by atoms with Crippen LogP contribution < -0.4 is 5.32 Å². The molecule has 1 aliphatic heterocycles. The number of fused-ring (bicyclic) bond motifs is 8. The summed E-state index contributed by atoms with van der Waals surface area (Å²) in [6.45, 7) is 5.02. The second-order valence-corrected chi connectivity index (χ2v) is 19.1. The molecule has 1 heterocycles. The standard InChI is InChI=1S/C56H54N2/c1-55(2)47-33-45-48(56(30-10-5-11-31-56)46-21-13-20-43-51(45)52(43)46)32-44(47)42-19-12-18-41(53(42)55)37-24-28-39(29-25-37)50-34-49(57-54(58-50)40-16-8-4-9-17-40)38-26-22-36(23-27-38)35-14-6-3-7-15-35/h3-4,6-8,12-16,18-22,24,26,28-29,32-34,37,43,51-52,54,57H,5,9-11,17,23,25,27,30-31H2,1-2H3. The molecule has 12 rings (SSSR count). The molecule has 5 atom stereocenters. The fraction of sp³-hybridized carbons (Fsp3) is 0.339. The van der Waals surface area contributed by atoms with Crippen molar-refractivity contribution in [3.63, 3.8) is 0 Å². The van der Waals surface area contributed by atoms with E-state index >= 15 is 0 Å². The van der Waals surface area contributed by atoms with Gasteiger partial charge < -0.3 is 5.32 Å². The van der Waals surface area contributed by atoms with Gasteiger partial charge in [0.05, 0.1) is 5.71 Å². The third-order valence-electron chi connectivity index (χ3n) is 15.7. The molecule has 0 amide bonds. The highest BCUT2D eigenvalue weighted by Crippen LogP contribution is 2.71. The maximum atomic E-state index is 5.40. The monoisotopic (exact) mass is 754 g/mol. The molecule has 8 aliphatic carbocycles. The highest BCUT2D eigenvalue weighted by Gasteiger charge is 2.62. The molecule has 58 heavy (non-hydrogen) atoms. The van der Waals surface area contributed by atoms with Crippen LogP contribution in [0.1, 0.15) is 123 Å². The molecule has 2 heteroatoms. The van der Waals surface area contributed by atoms with E-state index in [-0.39, 0.29) is 17.0 Å². The van der Waals surface area contributed by atoms with Gasteiger partial charge in [-0.1, -0.05) is 160 Å². The van der Waals surface area contributed by atoms with Gasteiger partial charge in [-0.15, -0.1) is 0 Å². The molecule has 2 nitrogen and oxygen atoms in total. The molecule has 9 aliphatic rings. The summed E-state index contributed by atoms with van der Waals surface area (Å²) in [5.74, 6) is 2.47. The van der Waals surface area contributed by atoms with Gasteiger partial charge in [-0.2, -0.15) is 0 Å². The van der Waals surface area contributed by atoms with Crippen LogP contribution in [0.2, 0.25) is 0 Å². The average Bonchev–Trinajstić information content (AvgIpc) is 3.98. The van der Waals surface area contributed by atoms with Crippen molar-refractivity contribution in [3.8, 4) is 11.1 Å². The summed E-state index contributed by atoms with van der Waals surface area (Å²) in [6, 6.07) is 23.5. The Morgan fingerprint density at radius 1 is 0.741 bits per heavy atom. The van der Waals surface area contributed by atoms with E-state index in [1.807, 2.05) is 0 Å². The van der Waals surface area contributed by atoms with Gasteiger partial charge in [-0.25, -0.2) is 0 Å².